The monoisotopic (exact) mass is 870 g/mol. The Hall–Kier alpha value is -4.11. The number of aryl methyl sites for hydroxylation is 1. The fourth-order valence-corrected chi connectivity index (χ4v) is 10.4. The van der Waals surface area contributed by atoms with E-state index in [1.165, 1.54) is 35.6 Å². The third kappa shape index (κ3) is 8.35. The lowest BCUT2D eigenvalue weighted by atomic mass is 9.77. The summed E-state index contributed by atoms with van der Waals surface area (Å²) in [6.07, 6.45) is 3.60. The number of Topliss-reactive ketones (excluding diaryl/α,β-unsaturated/α-hetero) is 1. The average Bonchev–Trinajstić information content (AvgIpc) is 4.05. The molecular weight excluding hydrogens is 827 g/mol. The minimum atomic E-state index is -3.88. The number of aromatic nitrogens is 2. The van der Waals surface area contributed by atoms with Gasteiger partial charge in [0.2, 0.25) is 27.7 Å². The first kappa shape index (κ1) is 42.0. The van der Waals surface area contributed by atoms with Crippen LogP contribution in [0.15, 0.2) is 54.6 Å². The molecule has 2 aromatic carbocycles. The van der Waals surface area contributed by atoms with Crippen LogP contribution in [0, 0.1) is 35.4 Å². The van der Waals surface area contributed by atoms with Crippen molar-refractivity contribution >= 4 is 72.9 Å². The quantitative estimate of drug-likeness (QED) is 0.124. The van der Waals surface area contributed by atoms with Gasteiger partial charge in [-0.05, 0) is 73.4 Å². The molecule has 3 aliphatic rings. The summed E-state index contributed by atoms with van der Waals surface area (Å²) >= 11 is 13.8. The van der Waals surface area contributed by atoms with Crippen molar-refractivity contribution in [1.82, 2.24) is 19.6 Å². The number of halogens is 3. The molecule has 1 N–H and O–H groups in total. The summed E-state index contributed by atoms with van der Waals surface area (Å²) in [5, 5.41) is 3.77. The van der Waals surface area contributed by atoms with Gasteiger partial charge >= 0.3 is 0 Å². The van der Waals surface area contributed by atoms with Gasteiger partial charge in [0, 0.05) is 56.9 Å². The lowest BCUT2D eigenvalue weighted by Gasteiger charge is -2.35. The number of ketones is 1. The fraction of sp³-hybridized carbons (Fsp3) is 0.452. The van der Waals surface area contributed by atoms with E-state index in [2.05, 4.69) is 16.3 Å². The van der Waals surface area contributed by atoms with Gasteiger partial charge in [-0.15, -0.1) is 17.9 Å². The van der Waals surface area contributed by atoms with Gasteiger partial charge in [0.15, 0.2) is 5.78 Å². The van der Waals surface area contributed by atoms with E-state index >= 15 is 4.39 Å². The molecular formula is C42H45Cl2FN4O7S2. The Balaban J connectivity index is 1.20. The maximum atomic E-state index is 15.0. The van der Waals surface area contributed by atoms with E-state index in [1.54, 1.807) is 42.6 Å². The minimum Gasteiger partial charge on any atom is -0.494 e. The van der Waals surface area contributed by atoms with E-state index in [4.69, 9.17) is 37.7 Å². The van der Waals surface area contributed by atoms with Gasteiger partial charge in [0.1, 0.15) is 17.7 Å². The number of thiazole rings is 1. The summed E-state index contributed by atoms with van der Waals surface area (Å²) in [6, 6.07) is 7.11. The molecule has 2 amide bonds. The van der Waals surface area contributed by atoms with E-state index < -0.39 is 67.6 Å². The van der Waals surface area contributed by atoms with Crippen LogP contribution in [0.4, 0.5) is 4.39 Å². The maximum Gasteiger partial charge on any atom is 0.240 e. The summed E-state index contributed by atoms with van der Waals surface area (Å²) < 4.78 is 54.9. The standard InChI is InChI=1S/C42H45Cl2FN4O7S2/c1-7-23-17-42(23,40(52)48-58(53,54)26-9-10-26)18-35(50)34-14-25(56-38-28-13-24(43)8-11-27(28)36(55-6)19-46-38)20-49(34)39(51)30(41(3,4)5)15-37-47-33(21-57-37)29-12-22(2)31(44)16-32(29)45/h7-8,11-13,16,19,21,23,25-26,30,34H,1,9-10,14-15,17-18,20H2,2-6H3,(H,48,52)/t23-,25-,30-,34+,42-/m1/s1. The average molecular weight is 872 g/mol. The van der Waals surface area contributed by atoms with Gasteiger partial charge in [-0.3, -0.25) is 19.1 Å². The topological polar surface area (TPSA) is 145 Å². The van der Waals surface area contributed by atoms with Crippen LogP contribution in [0.5, 0.6) is 11.6 Å². The number of carbonyl (C=O) groups is 3. The summed E-state index contributed by atoms with van der Waals surface area (Å²) in [5.74, 6) is -2.29. The van der Waals surface area contributed by atoms with Crippen molar-refractivity contribution in [1.29, 1.82) is 0 Å². The highest BCUT2D eigenvalue weighted by atomic mass is 35.5. The SMILES string of the molecule is C=C[C@@H]1C[C@]1(CC(=O)[C@@H]1C[C@@H](Oc2ncc(OC)c3ccc(Cl)cc23)CN1C(=O)[C@@H](Cc1nc(-c2cc(C)c(Cl)cc2F)cs1)C(C)(C)C)C(=O)NS(=O)(=O)C1CC1. The molecule has 1 saturated heterocycles. The molecule has 3 heterocycles. The van der Waals surface area contributed by atoms with Crippen LogP contribution in [0.3, 0.4) is 0 Å². The minimum absolute atomic E-state index is 0.0239. The van der Waals surface area contributed by atoms with Crippen molar-refractivity contribution in [2.24, 2.45) is 22.7 Å². The van der Waals surface area contributed by atoms with Crippen molar-refractivity contribution in [3.05, 3.63) is 81.0 Å². The lowest BCUT2D eigenvalue weighted by molar-refractivity contribution is -0.144. The normalized spacial score (nSPS) is 22.4. The molecule has 7 rings (SSSR count). The van der Waals surface area contributed by atoms with E-state index in [9.17, 15) is 22.8 Å². The predicted molar refractivity (Wildman–Crippen MR) is 222 cm³/mol. The van der Waals surface area contributed by atoms with Gasteiger partial charge in [0.25, 0.3) is 0 Å². The first-order chi connectivity index (χ1) is 27.3. The highest BCUT2D eigenvalue weighted by Gasteiger charge is 2.61. The number of ether oxygens (including phenoxy) is 2. The molecule has 58 heavy (non-hydrogen) atoms. The molecule has 16 heteroatoms. The molecule has 2 aromatic heterocycles. The van der Waals surface area contributed by atoms with Crippen LogP contribution in [0.1, 0.15) is 63.4 Å². The third-order valence-electron chi connectivity index (χ3n) is 11.5. The maximum absolute atomic E-state index is 15.0. The summed E-state index contributed by atoms with van der Waals surface area (Å²) in [5.41, 5.74) is -0.505. The first-order valence-corrected chi connectivity index (χ1v) is 22.2. The van der Waals surface area contributed by atoms with E-state index in [-0.39, 0.29) is 44.0 Å². The van der Waals surface area contributed by atoms with Gasteiger partial charge in [-0.2, -0.15) is 0 Å². The first-order valence-electron chi connectivity index (χ1n) is 19.1. The van der Waals surface area contributed by atoms with Gasteiger partial charge in [-0.25, -0.2) is 22.8 Å². The van der Waals surface area contributed by atoms with Crippen molar-refractivity contribution in [2.75, 3.05) is 13.7 Å². The number of likely N-dealkylation sites (tertiary alicyclic amines) is 1. The molecule has 2 saturated carbocycles. The van der Waals surface area contributed by atoms with Crippen molar-refractivity contribution in [3.63, 3.8) is 0 Å². The van der Waals surface area contributed by atoms with Gasteiger partial charge in [0.05, 0.1) is 47.3 Å². The van der Waals surface area contributed by atoms with E-state index in [0.29, 0.717) is 61.2 Å². The number of pyridine rings is 1. The molecule has 0 bridgehead atoms. The number of amides is 2. The van der Waals surface area contributed by atoms with Crippen molar-refractivity contribution in [3.8, 4) is 22.9 Å². The molecule has 5 atom stereocenters. The number of hydrogen-bond acceptors (Lipinski definition) is 10. The Morgan fingerprint density at radius 3 is 2.57 bits per heavy atom. The highest BCUT2D eigenvalue weighted by Crippen LogP contribution is 2.57. The Kier molecular flexibility index (Phi) is 11.5. The Labute approximate surface area is 351 Å². The zero-order valence-electron chi connectivity index (χ0n) is 32.8. The number of nitrogens with zero attached hydrogens (tertiary/aromatic N) is 3. The number of carbonyl (C=O) groups excluding carboxylic acids is 3. The number of fused-ring (bicyclic) bond motifs is 1. The molecule has 0 spiro atoms. The number of allylic oxidation sites excluding steroid dienone is 1. The van der Waals surface area contributed by atoms with Crippen LogP contribution in [0.25, 0.3) is 22.0 Å². The lowest BCUT2D eigenvalue weighted by Crippen LogP contribution is -2.48. The fourth-order valence-electron chi connectivity index (χ4n) is 7.84. The Bertz CT molecular complexity index is 2430. The Morgan fingerprint density at radius 2 is 1.91 bits per heavy atom. The number of methoxy groups -OCH3 is 1. The highest BCUT2D eigenvalue weighted by molar-refractivity contribution is 7.90. The van der Waals surface area contributed by atoms with Crippen LogP contribution in [0.2, 0.25) is 10.0 Å². The van der Waals surface area contributed by atoms with E-state index in [1.807, 2.05) is 20.8 Å². The molecule has 4 aromatic rings. The molecule has 2 aliphatic carbocycles. The second kappa shape index (κ2) is 15.8. The van der Waals surface area contributed by atoms with Crippen LogP contribution < -0.4 is 14.2 Å². The van der Waals surface area contributed by atoms with Gasteiger partial charge < -0.3 is 14.4 Å². The second-order valence-corrected chi connectivity index (χ2v) is 20.4. The van der Waals surface area contributed by atoms with Crippen molar-refractivity contribution in [2.45, 2.75) is 83.6 Å². The van der Waals surface area contributed by atoms with Gasteiger partial charge in [-0.1, -0.05) is 50.0 Å². The molecule has 0 radical (unpaired) electrons. The Morgan fingerprint density at radius 1 is 1.17 bits per heavy atom. The molecule has 0 unspecified atom stereocenters. The summed E-state index contributed by atoms with van der Waals surface area (Å²) in [4.78, 5) is 54.0. The van der Waals surface area contributed by atoms with Crippen molar-refractivity contribution < 1.29 is 36.7 Å². The summed E-state index contributed by atoms with van der Waals surface area (Å²) in [7, 11) is -2.35. The van der Waals surface area contributed by atoms with Crippen LogP contribution >= 0.6 is 34.5 Å². The number of nitrogens with one attached hydrogen (secondary N) is 1. The number of hydrogen-bond donors (Lipinski definition) is 1. The second-order valence-electron chi connectivity index (χ2n) is 16.7. The zero-order chi connectivity index (χ0) is 41.9. The molecule has 3 fully saturated rings. The third-order valence-corrected chi connectivity index (χ3v) is 14.9. The molecule has 1 aliphatic heterocycles. The van der Waals surface area contributed by atoms with Crippen LogP contribution in [-0.4, -0.2) is 71.9 Å². The predicted octanol–water partition coefficient (Wildman–Crippen LogP) is 8.13. The zero-order valence-corrected chi connectivity index (χ0v) is 36.0. The largest absolute Gasteiger partial charge is 0.494 e. The molecule has 308 valence electrons. The number of sulfonamides is 1. The number of rotatable bonds is 14. The summed E-state index contributed by atoms with van der Waals surface area (Å²) in [6.45, 7) is 11.4. The molecule has 11 nitrogen and oxygen atoms in total. The van der Waals surface area contributed by atoms with Crippen LogP contribution in [-0.2, 0) is 30.8 Å². The van der Waals surface area contributed by atoms with E-state index in [0.717, 1.165) is 0 Å². The number of benzene rings is 2. The smallest absolute Gasteiger partial charge is 0.240 e.